The molecule has 0 aliphatic carbocycles. The normalized spacial score (nSPS) is 14.7. The first-order chi connectivity index (χ1) is 10.2. The van der Waals surface area contributed by atoms with Crippen LogP contribution in [0.3, 0.4) is 0 Å². The van der Waals surface area contributed by atoms with E-state index in [0.717, 1.165) is 31.1 Å². The first-order valence-electron chi connectivity index (χ1n) is 7.07. The number of nitrogen functional groups attached to an aromatic ring is 1. The van der Waals surface area contributed by atoms with Crippen LogP contribution in [0.1, 0.15) is 22.5 Å². The van der Waals surface area contributed by atoms with Crippen molar-refractivity contribution in [1.82, 2.24) is 9.88 Å². The van der Waals surface area contributed by atoms with Crippen molar-refractivity contribution in [2.75, 3.05) is 57.1 Å². The molecule has 1 amide bonds. The Morgan fingerprint density at radius 2 is 2.19 bits per heavy atom. The maximum Gasteiger partial charge on any atom is 0.268 e. The number of carbonyl (C=O) groups is 1. The molecule has 1 aliphatic heterocycles. The van der Waals surface area contributed by atoms with Crippen LogP contribution in [0.4, 0.5) is 10.9 Å². The van der Waals surface area contributed by atoms with Gasteiger partial charge in [0.2, 0.25) is 0 Å². The first kappa shape index (κ1) is 16.0. The summed E-state index contributed by atoms with van der Waals surface area (Å²) in [5, 5.41) is 9.90. The van der Waals surface area contributed by atoms with Gasteiger partial charge in [0.1, 0.15) is 10.7 Å². The van der Waals surface area contributed by atoms with Crippen LogP contribution in [0.2, 0.25) is 0 Å². The Hall–Kier alpha value is -1.38. The van der Waals surface area contributed by atoms with Crippen molar-refractivity contribution in [2.24, 2.45) is 0 Å². The number of aliphatic hydroxyl groups is 1. The molecule has 21 heavy (non-hydrogen) atoms. The lowest BCUT2D eigenvalue weighted by atomic mass is 10.4. The Labute approximate surface area is 128 Å². The van der Waals surface area contributed by atoms with Gasteiger partial charge in [-0.15, -0.1) is 0 Å². The first-order valence-corrected chi connectivity index (χ1v) is 7.89. The number of nitrogens with zero attached hydrogens (tertiary/aromatic N) is 3. The number of hydrogen-bond donors (Lipinski definition) is 2. The molecule has 2 rings (SSSR count). The fourth-order valence-corrected chi connectivity index (χ4v) is 3.30. The predicted octanol–water partition coefficient (Wildman–Crippen LogP) is 0.406. The van der Waals surface area contributed by atoms with E-state index in [4.69, 9.17) is 15.6 Å². The molecule has 2 heterocycles. The number of methoxy groups -OCH3 is 1. The molecule has 0 bridgehead atoms. The highest BCUT2D eigenvalue weighted by Gasteiger charge is 2.24. The summed E-state index contributed by atoms with van der Waals surface area (Å²) in [6.45, 7) is 2.94. The molecule has 0 unspecified atom stereocenters. The molecule has 0 saturated carbocycles. The topological polar surface area (TPSA) is 91.9 Å². The fourth-order valence-electron chi connectivity index (χ4n) is 2.30. The quantitative estimate of drug-likeness (QED) is 0.757. The number of amides is 1. The second-order valence-corrected chi connectivity index (χ2v) is 5.89. The van der Waals surface area contributed by atoms with Gasteiger partial charge in [0, 0.05) is 33.3 Å². The van der Waals surface area contributed by atoms with Crippen LogP contribution in [-0.4, -0.2) is 67.4 Å². The summed E-state index contributed by atoms with van der Waals surface area (Å²) in [5.74, 6) is 0.0776. The number of nitrogens with two attached hydrogens (primary N) is 1. The van der Waals surface area contributed by atoms with E-state index in [1.54, 1.807) is 12.0 Å². The lowest BCUT2D eigenvalue weighted by Crippen LogP contribution is -2.36. The molecule has 8 heteroatoms. The third-order valence-corrected chi connectivity index (χ3v) is 4.56. The molecule has 0 aromatic carbocycles. The molecule has 0 atom stereocenters. The van der Waals surface area contributed by atoms with Crippen molar-refractivity contribution in [3.63, 3.8) is 0 Å². The van der Waals surface area contributed by atoms with E-state index >= 15 is 0 Å². The van der Waals surface area contributed by atoms with E-state index in [9.17, 15) is 4.79 Å². The van der Waals surface area contributed by atoms with Gasteiger partial charge in [-0.05, 0) is 12.8 Å². The van der Waals surface area contributed by atoms with Crippen LogP contribution in [0.25, 0.3) is 0 Å². The van der Waals surface area contributed by atoms with Crippen molar-refractivity contribution in [3.05, 3.63) is 4.88 Å². The summed E-state index contributed by atoms with van der Waals surface area (Å²) in [6.07, 6.45) is 2.29. The highest BCUT2D eigenvalue weighted by atomic mass is 32.1. The zero-order chi connectivity index (χ0) is 15.2. The lowest BCUT2D eigenvalue weighted by molar-refractivity contribution is 0.0662. The van der Waals surface area contributed by atoms with Gasteiger partial charge < -0.3 is 25.4 Å². The van der Waals surface area contributed by atoms with Gasteiger partial charge in [0.05, 0.1) is 13.2 Å². The van der Waals surface area contributed by atoms with Crippen molar-refractivity contribution >= 4 is 28.2 Å². The molecular formula is C13H22N4O3S. The third kappa shape index (κ3) is 3.84. The van der Waals surface area contributed by atoms with Crippen LogP contribution in [0.5, 0.6) is 0 Å². The zero-order valence-electron chi connectivity index (χ0n) is 12.2. The molecular weight excluding hydrogens is 292 g/mol. The van der Waals surface area contributed by atoms with Gasteiger partial charge in [-0.1, -0.05) is 11.3 Å². The molecule has 118 valence electrons. The SMILES string of the molecule is COCCN(CCO)C(=O)c1sc(N2CCCC2)nc1N. The number of anilines is 2. The summed E-state index contributed by atoms with van der Waals surface area (Å²) < 4.78 is 4.99. The average molecular weight is 314 g/mol. The number of thiazole rings is 1. The van der Waals surface area contributed by atoms with E-state index in [-0.39, 0.29) is 24.9 Å². The van der Waals surface area contributed by atoms with Gasteiger partial charge in [0.15, 0.2) is 5.13 Å². The van der Waals surface area contributed by atoms with Crippen molar-refractivity contribution in [2.45, 2.75) is 12.8 Å². The Morgan fingerprint density at radius 1 is 1.48 bits per heavy atom. The van der Waals surface area contributed by atoms with Gasteiger partial charge in [-0.25, -0.2) is 4.98 Å². The maximum atomic E-state index is 12.5. The molecule has 0 spiro atoms. The molecule has 1 aliphatic rings. The van der Waals surface area contributed by atoms with Crippen LogP contribution in [0.15, 0.2) is 0 Å². The summed E-state index contributed by atoms with van der Waals surface area (Å²) in [7, 11) is 1.58. The van der Waals surface area contributed by atoms with E-state index in [2.05, 4.69) is 9.88 Å². The summed E-state index contributed by atoms with van der Waals surface area (Å²) in [5.41, 5.74) is 5.90. The second-order valence-electron chi connectivity index (χ2n) is 4.91. The number of ether oxygens (including phenoxy) is 1. The van der Waals surface area contributed by atoms with Crippen LogP contribution in [-0.2, 0) is 4.74 Å². The number of carbonyl (C=O) groups excluding carboxylic acids is 1. The largest absolute Gasteiger partial charge is 0.395 e. The number of hydrogen-bond acceptors (Lipinski definition) is 7. The summed E-state index contributed by atoms with van der Waals surface area (Å²) in [4.78, 5) is 21.0. The van der Waals surface area contributed by atoms with Gasteiger partial charge in [0.25, 0.3) is 5.91 Å². The Morgan fingerprint density at radius 3 is 2.81 bits per heavy atom. The monoisotopic (exact) mass is 314 g/mol. The van der Waals surface area contributed by atoms with Gasteiger partial charge in [-0.2, -0.15) is 0 Å². The van der Waals surface area contributed by atoms with Crippen LogP contribution >= 0.6 is 11.3 Å². The van der Waals surface area contributed by atoms with E-state index < -0.39 is 0 Å². The number of aliphatic hydroxyl groups excluding tert-OH is 1. The highest BCUT2D eigenvalue weighted by molar-refractivity contribution is 7.18. The van der Waals surface area contributed by atoms with Crippen molar-refractivity contribution in [3.8, 4) is 0 Å². The van der Waals surface area contributed by atoms with Crippen LogP contribution < -0.4 is 10.6 Å². The maximum absolute atomic E-state index is 12.5. The average Bonchev–Trinajstić information content (AvgIpc) is 3.11. The molecule has 1 aromatic rings. The minimum absolute atomic E-state index is 0.0901. The summed E-state index contributed by atoms with van der Waals surface area (Å²) >= 11 is 1.33. The highest BCUT2D eigenvalue weighted by Crippen LogP contribution is 2.31. The van der Waals surface area contributed by atoms with Crippen molar-refractivity contribution in [1.29, 1.82) is 0 Å². The zero-order valence-corrected chi connectivity index (χ0v) is 13.1. The minimum atomic E-state index is -0.193. The van der Waals surface area contributed by atoms with E-state index in [1.165, 1.54) is 11.3 Å². The molecule has 1 aromatic heterocycles. The van der Waals surface area contributed by atoms with Gasteiger partial charge >= 0.3 is 0 Å². The van der Waals surface area contributed by atoms with Crippen molar-refractivity contribution < 1.29 is 14.6 Å². The summed E-state index contributed by atoms with van der Waals surface area (Å²) in [6, 6.07) is 0. The fraction of sp³-hybridized carbons (Fsp3) is 0.692. The standard InChI is InChI=1S/C13H22N4O3S/c1-20-9-7-16(6-8-18)12(19)10-11(14)15-13(21-10)17-4-2-3-5-17/h18H,2-9,14H2,1H3. The molecule has 3 N–H and O–H groups in total. The number of rotatable bonds is 7. The predicted molar refractivity (Wildman–Crippen MR) is 82.8 cm³/mol. The van der Waals surface area contributed by atoms with Gasteiger partial charge in [-0.3, -0.25) is 4.79 Å². The second kappa shape index (κ2) is 7.58. The smallest absolute Gasteiger partial charge is 0.268 e. The number of aromatic nitrogens is 1. The van der Waals surface area contributed by atoms with Crippen LogP contribution in [0, 0.1) is 0 Å². The van der Waals surface area contributed by atoms with E-state index in [0.29, 0.717) is 18.0 Å². The van der Waals surface area contributed by atoms with E-state index in [1.807, 2.05) is 0 Å². The molecule has 7 nitrogen and oxygen atoms in total. The third-order valence-electron chi connectivity index (χ3n) is 3.44. The Kier molecular flexibility index (Phi) is 5.77. The molecule has 0 radical (unpaired) electrons. The minimum Gasteiger partial charge on any atom is -0.395 e. The molecule has 1 fully saturated rings. The lowest BCUT2D eigenvalue weighted by Gasteiger charge is -2.20. The molecule has 1 saturated heterocycles. The Balaban J connectivity index is 2.12. The Bertz CT molecular complexity index is 474.